The van der Waals surface area contributed by atoms with Gasteiger partial charge >= 0.3 is 0 Å². The number of nitrogens with zero attached hydrogens (tertiary/aromatic N) is 2. The molecule has 3 rings (SSSR count). The zero-order chi connectivity index (χ0) is 20.5. The van der Waals surface area contributed by atoms with E-state index < -0.39 is 20.9 Å². The van der Waals surface area contributed by atoms with Crippen molar-refractivity contribution in [2.75, 3.05) is 17.6 Å². The second-order valence-corrected chi connectivity index (χ2v) is 9.03. The van der Waals surface area contributed by atoms with Gasteiger partial charge in [-0.25, -0.2) is 8.42 Å². The summed E-state index contributed by atoms with van der Waals surface area (Å²) in [4.78, 5) is 23.1. The molecule has 2 aromatic carbocycles. The summed E-state index contributed by atoms with van der Waals surface area (Å²) in [5.74, 6) is -0.639. The summed E-state index contributed by atoms with van der Waals surface area (Å²) in [6.07, 6.45) is 0.586. The highest BCUT2D eigenvalue weighted by molar-refractivity contribution is 7.89. The number of nitrogens with one attached hydrogen (secondary N) is 1. The lowest BCUT2D eigenvalue weighted by molar-refractivity contribution is -0.385. The van der Waals surface area contributed by atoms with Crippen LogP contribution < -0.4 is 5.32 Å². The number of carbonyl (C=O) groups is 1. The number of amides is 1. The van der Waals surface area contributed by atoms with Crippen LogP contribution in [-0.4, -0.2) is 35.9 Å². The van der Waals surface area contributed by atoms with Gasteiger partial charge < -0.3 is 5.32 Å². The molecule has 8 nitrogen and oxygen atoms in total. The topological polar surface area (TPSA) is 110 Å². The van der Waals surface area contributed by atoms with E-state index in [-0.39, 0.29) is 28.6 Å². The Labute approximate surface area is 167 Å². The van der Waals surface area contributed by atoms with Crippen molar-refractivity contribution in [1.82, 2.24) is 4.31 Å². The van der Waals surface area contributed by atoms with Gasteiger partial charge in [0.15, 0.2) is 0 Å². The number of fused-ring (bicyclic) bond motifs is 1. The monoisotopic (exact) mass is 423 g/mol. The summed E-state index contributed by atoms with van der Waals surface area (Å²) in [7, 11) is -3.31. The first-order valence-electron chi connectivity index (χ1n) is 8.56. The van der Waals surface area contributed by atoms with Gasteiger partial charge in [0.05, 0.1) is 10.7 Å². The normalized spacial score (nSPS) is 14.4. The van der Waals surface area contributed by atoms with Gasteiger partial charge in [-0.1, -0.05) is 17.7 Å². The Kier molecular flexibility index (Phi) is 5.69. The first-order chi connectivity index (χ1) is 13.2. The minimum Gasteiger partial charge on any atom is -0.322 e. The van der Waals surface area contributed by atoms with Crippen LogP contribution in [0.2, 0.25) is 5.02 Å². The highest BCUT2D eigenvalue weighted by Gasteiger charge is 2.26. The molecule has 1 aliphatic heterocycles. The molecule has 0 bridgehead atoms. The van der Waals surface area contributed by atoms with Crippen LogP contribution in [0.4, 0.5) is 11.4 Å². The van der Waals surface area contributed by atoms with Crippen molar-refractivity contribution in [3.8, 4) is 0 Å². The molecule has 0 radical (unpaired) electrons. The van der Waals surface area contributed by atoms with Gasteiger partial charge in [-0.2, -0.15) is 4.31 Å². The number of nitro benzene ring substituents is 1. The van der Waals surface area contributed by atoms with E-state index in [9.17, 15) is 23.3 Å². The summed E-state index contributed by atoms with van der Waals surface area (Å²) in [5, 5.41) is 14.0. The molecular formula is C18H18ClN3O5S. The van der Waals surface area contributed by atoms with Crippen molar-refractivity contribution >= 4 is 38.9 Å². The molecule has 1 amide bonds. The summed E-state index contributed by atoms with van der Waals surface area (Å²) in [6.45, 7) is 2.25. The van der Waals surface area contributed by atoms with E-state index in [4.69, 9.17) is 11.6 Å². The molecule has 0 fully saturated rings. The SMILES string of the molecule is CCS(=O)(=O)N1CCc2ccc(NC(=O)c3cc(Cl)ccc3[N+](=O)[O-])cc2C1. The second kappa shape index (κ2) is 7.86. The number of carbonyl (C=O) groups excluding carboxylic acids is 1. The number of sulfonamides is 1. The lowest BCUT2D eigenvalue weighted by Gasteiger charge is -2.28. The number of anilines is 1. The van der Waals surface area contributed by atoms with E-state index >= 15 is 0 Å². The molecule has 10 heteroatoms. The predicted molar refractivity (Wildman–Crippen MR) is 106 cm³/mol. The number of hydrogen-bond acceptors (Lipinski definition) is 5. The van der Waals surface area contributed by atoms with Gasteiger partial charge in [0.2, 0.25) is 10.0 Å². The molecule has 0 atom stereocenters. The fourth-order valence-corrected chi connectivity index (χ4v) is 4.32. The molecule has 0 unspecified atom stereocenters. The van der Waals surface area contributed by atoms with Crippen LogP contribution in [0.5, 0.6) is 0 Å². The molecular weight excluding hydrogens is 406 g/mol. The third-order valence-electron chi connectivity index (χ3n) is 4.60. The third-order valence-corrected chi connectivity index (χ3v) is 6.66. The zero-order valence-corrected chi connectivity index (χ0v) is 16.6. The summed E-state index contributed by atoms with van der Waals surface area (Å²) in [5.41, 5.74) is 1.73. The van der Waals surface area contributed by atoms with E-state index in [0.29, 0.717) is 18.7 Å². The van der Waals surface area contributed by atoms with Gasteiger partial charge in [0.1, 0.15) is 5.56 Å². The van der Waals surface area contributed by atoms with Gasteiger partial charge in [0, 0.05) is 29.9 Å². The van der Waals surface area contributed by atoms with Crippen LogP contribution in [0.25, 0.3) is 0 Å². The second-order valence-electron chi connectivity index (χ2n) is 6.34. The highest BCUT2D eigenvalue weighted by atomic mass is 35.5. The summed E-state index contributed by atoms with van der Waals surface area (Å²) in [6, 6.07) is 8.98. The lowest BCUT2D eigenvalue weighted by atomic mass is 10.0. The Bertz CT molecular complexity index is 1060. The minimum absolute atomic E-state index is 0.0250. The van der Waals surface area contributed by atoms with Crippen LogP contribution in [-0.2, 0) is 23.0 Å². The summed E-state index contributed by atoms with van der Waals surface area (Å²) < 4.78 is 25.7. The summed E-state index contributed by atoms with van der Waals surface area (Å²) >= 11 is 5.87. The molecule has 0 aromatic heterocycles. The maximum Gasteiger partial charge on any atom is 0.282 e. The Morgan fingerprint density at radius 2 is 2.00 bits per heavy atom. The van der Waals surface area contributed by atoms with Gasteiger partial charge in [-0.15, -0.1) is 0 Å². The Hall–Kier alpha value is -2.49. The molecule has 0 spiro atoms. The standard InChI is InChI=1S/C18H18ClN3O5S/c1-2-28(26,27)21-8-7-12-3-5-15(9-13(12)11-21)20-18(23)16-10-14(19)4-6-17(16)22(24)25/h3-6,9-10H,2,7-8,11H2,1H3,(H,20,23). The van der Waals surface area contributed by atoms with Gasteiger partial charge in [0.25, 0.3) is 11.6 Å². The molecule has 148 valence electrons. The van der Waals surface area contributed by atoms with Gasteiger partial charge in [-0.3, -0.25) is 14.9 Å². The number of benzene rings is 2. The van der Waals surface area contributed by atoms with Crippen LogP contribution in [0.3, 0.4) is 0 Å². The zero-order valence-electron chi connectivity index (χ0n) is 15.0. The van der Waals surface area contributed by atoms with Crippen molar-refractivity contribution < 1.29 is 18.1 Å². The maximum atomic E-state index is 12.5. The van der Waals surface area contributed by atoms with E-state index in [1.807, 2.05) is 6.07 Å². The number of hydrogen-bond donors (Lipinski definition) is 1. The molecule has 0 saturated heterocycles. The van der Waals surface area contributed by atoms with E-state index in [1.54, 1.807) is 19.1 Å². The highest BCUT2D eigenvalue weighted by Crippen LogP contribution is 2.27. The number of rotatable bonds is 5. The van der Waals surface area contributed by atoms with Crippen molar-refractivity contribution in [3.05, 3.63) is 68.2 Å². The minimum atomic E-state index is -3.31. The fraction of sp³-hybridized carbons (Fsp3) is 0.278. The molecule has 1 N–H and O–H groups in total. The van der Waals surface area contributed by atoms with Crippen molar-refractivity contribution in [2.24, 2.45) is 0 Å². The van der Waals surface area contributed by atoms with Gasteiger partial charge in [-0.05, 0) is 48.7 Å². The smallest absolute Gasteiger partial charge is 0.282 e. The lowest BCUT2D eigenvalue weighted by Crippen LogP contribution is -2.36. The molecule has 0 aliphatic carbocycles. The van der Waals surface area contributed by atoms with E-state index in [1.165, 1.54) is 22.5 Å². The fourth-order valence-electron chi connectivity index (χ4n) is 3.08. The van der Waals surface area contributed by atoms with Crippen molar-refractivity contribution in [3.63, 3.8) is 0 Å². The van der Waals surface area contributed by atoms with E-state index in [0.717, 1.165) is 11.1 Å². The Morgan fingerprint density at radius 1 is 1.25 bits per heavy atom. The van der Waals surface area contributed by atoms with Crippen LogP contribution in [0, 0.1) is 10.1 Å². The Balaban J connectivity index is 1.86. The number of halogens is 1. The molecule has 28 heavy (non-hydrogen) atoms. The molecule has 1 heterocycles. The quantitative estimate of drug-likeness (QED) is 0.586. The van der Waals surface area contributed by atoms with Crippen LogP contribution in [0.15, 0.2) is 36.4 Å². The average molecular weight is 424 g/mol. The van der Waals surface area contributed by atoms with Crippen LogP contribution >= 0.6 is 11.6 Å². The number of nitro groups is 1. The van der Waals surface area contributed by atoms with Crippen molar-refractivity contribution in [1.29, 1.82) is 0 Å². The largest absolute Gasteiger partial charge is 0.322 e. The molecule has 1 aliphatic rings. The predicted octanol–water partition coefficient (Wildman–Crippen LogP) is 3.21. The van der Waals surface area contributed by atoms with Crippen molar-refractivity contribution in [2.45, 2.75) is 19.9 Å². The van der Waals surface area contributed by atoms with E-state index in [2.05, 4.69) is 5.32 Å². The molecule has 0 saturated carbocycles. The first kappa shape index (κ1) is 20.2. The third kappa shape index (κ3) is 4.16. The average Bonchev–Trinajstić information content (AvgIpc) is 2.67. The van der Waals surface area contributed by atoms with Crippen LogP contribution in [0.1, 0.15) is 28.4 Å². The Morgan fingerprint density at radius 3 is 2.68 bits per heavy atom. The first-order valence-corrected chi connectivity index (χ1v) is 10.5. The maximum absolute atomic E-state index is 12.5. The molecule has 2 aromatic rings.